The summed E-state index contributed by atoms with van der Waals surface area (Å²) in [5, 5.41) is 23.9. The van der Waals surface area contributed by atoms with Crippen LogP contribution < -0.4 is 19.5 Å². The summed E-state index contributed by atoms with van der Waals surface area (Å²) in [5.74, 6) is 0.196. The third kappa shape index (κ3) is 6.33. The van der Waals surface area contributed by atoms with Crippen LogP contribution in [-0.4, -0.2) is 25.1 Å². The minimum absolute atomic E-state index is 0.0750. The first-order chi connectivity index (χ1) is 17.3. The van der Waals surface area contributed by atoms with Gasteiger partial charge in [0, 0.05) is 10.6 Å². The quantitative estimate of drug-likeness (QED) is 0.141. The van der Waals surface area contributed by atoms with Gasteiger partial charge < -0.3 is 19.5 Å². The number of halogens is 2. The largest absolute Gasteiger partial charge is 0.496 e. The van der Waals surface area contributed by atoms with E-state index in [0.717, 1.165) is 5.56 Å². The average Bonchev–Trinajstić information content (AvgIpc) is 2.87. The number of amides is 1. The summed E-state index contributed by atoms with van der Waals surface area (Å²) < 4.78 is 16.8. The molecule has 0 atom stereocenters. The molecular formula is C25H19BrClN3O6. The van der Waals surface area contributed by atoms with Crippen LogP contribution in [0.5, 0.6) is 17.2 Å². The van der Waals surface area contributed by atoms with Crippen LogP contribution in [-0.2, 0) is 11.4 Å². The van der Waals surface area contributed by atoms with Gasteiger partial charge in [-0.3, -0.25) is 14.9 Å². The Morgan fingerprint density at radius 2 is 1.94 bits per heavy atom. The lowest BCUT2D eigenvalue weighted by Crippen LogP contribution is -2.14. The Labute approximate surface area is 220 Å². The van der Waals surface area contributed by atoms with E-state index in [-0.39, 0.29) is 29.3 Å². The second kappa shape index (κ2) is 12.1. The number of carbonyl (C=O) groups is 1. The Balaban J connectivity index is 1.86. The van der Waals surface area contributed by atoms with Gasteiger partial charge in [-0.15, -0.1) is 0 Å². The molecule has 1 amide bonds. The fourth-order valence-corrected chi connectivity index (χ4v) is 3.89. The van der Waals surface area contributed by atoms with Crippen molar-refractivity contribution in [3.63, 3.8) is 0 Å². The van der Waals surface area contributed by atoms with Crippen LogP contribution in [0.15, 0.2) is 64.6 Å². The first-order valence-electron chi connectivity index (χ1n) is 10.3. The molecule has 184 valence electrons. The minimum atomic E-state index is -0.820. The molecule has 0 aliphatic rings. The van der Waals surface area contributed by atoms with E-state index in [1.807, 2.05) is 24.3 Å². The normalized spacial score (nSPS) is 10.8. The van der Waals surface area contributed by atoms with Gasteiger partial charge in [-0.25, -0.2) is 0 Å². The van der Waals surface area contributed by atoms with Crippen LogP contribution in [0, 0.1) is 21.4 Å². The SMILES string of the molecule is COc1ccc(NC(=O)/C(C#N)=C/c2cc(Br)c(OCc3ccccc3Cl)c(OC)c2)c([N+](=O)[O-])c1. The number of ether oxygens (including phenoxy) is 3. The Morgan fingerprint density at radius 1 is 1.19 bits per heavy atom. The average molecular weight is 573 g/mol. The number of hydrogen-bond acceptors (Lipinski definition) is 7. The fourth-order valence-electron chi connectivity index (χ4n) is 3.13. The van der Waals surface area contributed by atoms with E-state index in [9.17, 15) is 20.2 Å². The predicted octanol–water partition coefficient (Wildman–Crippen LogP) is 6.15. The maximum atomic E-state index is 12.7. The number of benzene rings is 3. The van der Waals surface area contributed by atoms with Crippen molar-refractivity contribution in [1.82, 2.24) is 0 Å². The highest BCUT2D eigenvalue weighted by atomic mass is 79.9. The second-order valence-corrected chi connectivity index (χ2v) is 8.44. The molecule has 0 unspecified atom stereocenters. The van der Waals surface area contributed by atoms with Crippen LogP contribution in [0.3, 0.4) is 0 Å². The van der Waals surface area contributed by atoms with Gasteiger partial charge >= 0.3 is 0 Å². The molecule has 11 heteroatoms. The molecule has 3 aromatic rings. The monoisotopic (exact) mass is 571 g/mol. The van der Waals surface area contributed by atoms with Gasteiger partial charge in [0.15, 0.2) is 11.5 Å². The Kier molecular flexibility index (Phi) is 8.89. The molecule has 0 saturated heterocycles. The topological polar surface area (TPSA) is 124 Å². The summed E-state index contributed by atoms with van der Waals surface area (Å²) in [4.78, 5) is 23.5. The Hall–Kier alpha value is -4.07. The molecular weight excluding hydrogens is 554 g/mol. The molecule has 0 bridgehead atoms. The molecule has 0 aromatic heterocycles. The van der Waals surface area contributed by atoms with Gasteiger partial charge in [0.05, 0.1) is 29.7 Å². The highest BCUT2D eigenvalue weighted by molar-refractivity contribution is 9.10. The van der Waals surface area contributed by atoms with Gasteiger partial charge in [0.25, 0.3) is 11.6 Å². The summed E-state index contributed by atoms with van der Waals surface area (Å²) >= 11 is 9.62. The van der Waals surface area contributed by atoms with Gasteiger partial charge in [-0.2, -0.15) is 5.26 Å². The molecule has 0 heterocycles. The van der Waals surface area contributed by atoms with Crippen LogP contribution in [0.4, 0.5) is 11.4 Å². The van der Waals surface area contributed by atoms with E-state index in [2.05, 4.69) is 21.2 Å². The predicted molar refractivity (Wildman–Crippen MR) is 138 cm³/mol. The molecule has 9 nitrogen and oxygen atoms in total. The van der Waals surface area contributed by atoms with Crippen LogP contribution in [0.25, 0.3) is 6.08 Å². The van der Waals surface area contributed by atoms with E-state index in [1.54, 1.807) is 18.2 Å². The molecule has 0 radical (unpaired) electrons. The number of nitro groups is 1. The lowest BCUT2D eigenvalue weighted by atomic mass is 10.1. The summed E-state index contributed by atoms with van der Waals surface area (Å²) in [6, 6.07) is 16.3. The number of rotatable bonds is 9. The van der Waals surface area contributed by atoms with Crippen molar-refractivity contribution in [2.45, 2.75) is 6.61 Å². The zero-order valence-electron chi connectivity index (χ0n) is 19.1. The van der Waals surface area contributed by atoms with Crippen LogP contribution in [0.2, 0.25) is 5.02 Å². The third-order valence-electron chi connectivity index (χ3n) is 4.91. The van der Waals surface area contributed by atoms with Crippen molar-refractivity contribution in [3.05, 3.63) is 90.9 Å². The van der Waals surface area contributed by atoms with Gasteiger partial charge in [-0.05, 0) is 57.9 Å². The molecule has 1 N–H and O–H groups in total. The Morgan fingerprint density at radius 3 is 2.58 bits per heavy atom. The van der Waals surface area contributed by atoms with Crippen molar-refractivity contribution >= 4 is 50.9 Å². The summed E-state index contributed by atoms with van der Waals surface area (Å²) in [7, 11) is 2.83. The summed E-state index contributed by atoms with van der Waals surface area (Å²) in [6.45, 7) is 0.191. The molecule has 0 fully saturated rings. The number of nitriles is 1. The van der Waals surface area contributed by atoms with Crippen molar-refractivity contribution in [2.75, 3.05) is 19.5 Å². The number of nitrogens with one attached hydrogen (secondary N) is 1. The highest BCUT2D eigenvalue weighted by Crippen LogP contribution is 2.38. The van der Waals surface area contributed by atoms with E-state index < -0.39 is 10.8 Å². The fraction of sp³-hybridized carbons (Fsp3) is 0.120. The number of nitrogens with zero attached hydrogens (tertiary/aromatic N) is 2. The summed E-state index contributed by atoms with van der Waals surface area (Å²) in [6.07, 6.45) is 1.33. The maximum Gasteiger partial charge on any atom is 0.296 e. The minimum Gasteiger partial charge on any atom is -0.496 e. The number of carbonyl (C=O) groups excluding carboxylic acids is 1. The number of nitro benzene ring substituents is 1. The summed E-state index contributed by atoms with van der Waals surface area (Å²) in [5.41, 5.74) is 0.519. The molecule has 0 spiro atoms. The van der Waals surface area contributed by atoms with E-state index >= 15 is 0 Å². The van der Waals surface area contributed by atoms with Crippen molar-refractivity contribution in [1.29, 1.82) is 5.26 Å². The molecule has 0 saturated carbocycles. The number of methoxy groups -OCH3 is 2. The van der Waals surface area contributed by atoms with Crippen molar-refractivity contribution in [2.24, 2.45) is 0 Å². The van der Waals surface area contributed by atoms with Gasteiger partial charge in [0.2, 0.25) is 0 Å². The molecule has 3 aromatic carbocycles. The van der Waals surface area contributed by atoms with Crippen molar-refractivity contribution in [3.8, 4) is 23.3 Å². The molecule has 0 aliphatic heterocycles. The number of anilines is 1. The zero-order chi connectivity index (χ0) is 26.2. The molecule has 0 aliphatic carbocycles. The van der Waals surface area contributed by atoms with E-state index in [4.69, 9.17) is 25.8 Å². The Bertz CT molecular complexity index is 1390. The lowest BCUT2D eigenvalue weighted by Gasteiger charge is -2.14. The first kappa shape index (κ1) is 26.5. The molecule has 3 rings (SSSR count). The second-order valence-electron chi connectivity index (χ2n) is 7.18. The van der Waals surface area contributed by atoms with E-state index in [0.29, 0.717) is 26.6 Å². The van der Waals surface area contributed by atoms with Gasteiger partial charge in [0.1, 0.15) is 29.7 Å². The van der Waals surface area contributed by atoms with Crippen LogP contribution >= 0.6 is 27.5 Å². The standard InChI is InChI=1S/C25H19BrClN3O6/c1-34-18-7-8-21(22(12-18)30(32)33)29-25(31)17(13-28)9-15-10-19(26)24(23(11-15)35-2)36-14-16-5-3-4-6-20(16)27/h3-12H,14H2,1-2H3,(H,29,31)/b17-9+. The number of hydrogen-bond donors (Lipinski definition) is 1. The van der Waals surface area contributed by atoms with E-state index in [1.165, 1.54) is 38.5 Å². The third-order valence-corrected chi connectivity index (χ3v) is 5.87. The highest BCUT2D eigenvalue weighted by Gasteiger charge is 2.20. The zero-order valence-corrected chi connectivity index (χ0v) is 21.4. The van der Waals surface area contributed by atoms with Gasteiger partial charge in [-0.1, -0.05) is 29.8 Å². The molecule has 36 heavy (non-hydrogen) atoms. The lowest BCUT2D eigenvalue weighted by molar-refractivity contribution is -0.384. The smallest absolute Gasteiger partial charge is 0.296 e. The van der Waals surface area contributed by atoms with Crippen molar-refractivity contribution < 1.29 is 23.9 Å². The van der Waals surface area contributed by atoms with Crippen LogP contribution in [0.1, 0.15) is 11.1 Å². The first-order valence-corrected chi connectivity index (χ1v) is 11.4. The maximum absolute atomic E-state index is 12.7.